The minimum absolute atomic E-state index is 0.0515. The summed E-state index contributed by atoms with van der Waals surface area (Å²) >= 11 is 0. The summed E-state index contributed by atoms with van der Waals surface area (Å²) in [6.45, 7) is 0. The summed E-state index contributed by atoms with van der Waals surface area (Å²) in [4.78, 5) is 15.7. The summed E-state index contributed by atoms with van der Waals surface area (Å²) in [5.74, 6) is 1.01. The second-order valence-corrected chi connectivity index (χ2v) is 4.36. The predicted octanol–water partition coefficient (Wildman–Crippen LogP) is 2.29. The summed E-state index contributed by atoms with van der Waals surface area (Å²) < 4.78 is 0. The molecule has 17 heavy (non-hydrogen) atoms. The molecule has 1 saturated carbocycles. The number of nitrogens with zero attached hydrogens (tertiary/aromatic N) is 1. The first-order valence-electron chi connectivity index (χ1n) is 5.62. The van der Waals surface area contributed by atoms with Crippen LogP contribution in [0.4, 0.5) is 5.82 Å². The highest BCUT2D eigenvalue weighted by molar-refractivity contribution is 5.95. The standard InChI is InChI=1S/C13H12N2O2/c16-11-4-3-9-6-12(14-7-10(9)5-11)15-13(17)8-1-2-8/h3-8,16H,1-2H2,(H,14,15,17). The van der Waals surface area contributed by atoms with E-state index in [1.807, 2.05) is 6.07 Å². The molecule has 2 N–H and O–H groups in total. The predicted molar refractivity (Wildman–Crippen MR) is 64.8 cm³/mol. The molecule has 0 unspecified atom stereocenters. The van der Waals surface area contributed by atoms with E-state index in [1.54, 1.807) is 24.4 Å². The van der Waals surface area contributed by atoms with Crippen molar-refractivity contribution in [1.82, 2.24) is 4.98 Å². The van der Waals surface area contributed by atoms with Crippen LogP contribution < -0.4 is 5.32 Å². The molecule has 1 aliphatic rings. The Balaban J connectivity index is 1.90. The molecule has 86 valence electrons. The maximum atomic E-state index is 11.6. The minimum atomic E-state index is 0.0515. The molecule has 0 spiro atoms. The van der Waals surface area contributed by atoms with Gasteiger partial charge in [0.15, 0.2) is 0 Å². The average molecular weight is 228 g/mol. The Morgan fingerprint density at radius 1 is 1.29 bits per heavy atom. The van der Waals surface area contributed by atoms with Crippen molar-refractivity contribution in [3.63, 3.8) is 0 Å². The minimum Gasteiger partial charge on any atom is -0.508 e. The monoisotopic (exact) mass is 228 g/mol. The average Bonchev–Trinajstić information content (AvgIpc) is 3.13. The molecule has 0 atom stereocenters. The van der Waals surface area contributed by atoms with E-state index in [-0.39, 0.29) is 17.6 Å². The molecule has 4 nitrogen and oxygen atoms in total. The van der Waals surface area contributed by atoms with E-state index in [2.05, 4.69) is 10.3 Å². The molecule has 3 rings (SSSR count). The van der Waals surface area contributed by atoms with Gasteiger partial charge in [0, 0.05) is 17.5 Å². The zero-order valence-corrected chi connectivity index (χ0v) is 9.18. The lowest BCUT2D eigenvalue weighted by Gasteiger charge is -2.05. The number of carbonyl (C=O) groups excluding carboxylic acids is 1. The van der Waals surface area contributed by atoms with Crippen molar-refractivity contribution in [2.24, 2.45) is 5.92 Å². The summed E-state index contributed by atoms with van der Waals surface area (Å²) in [5.41, 5.74) is 0. The topological polar surface area (TPSA) is 62.2 Å². The number of hydrogen-bond donors (Lipinski definition) is 2. The first-order chi connectivity index (χ1) is 8.22. The number of aromatic hydroxyl groups is 1. The number of amides is 1. The van der Waals surface area contributed by atoms with Crippen molar-refractivity contribution in [3.8, 4) is 5.75 Å². The molecule has 1 aromatic heterocycles. The van der Waals surface area contributed by atoms with Gasteiger partial charge in [-0.25, -0.2) is 4.98 Å². The molecule has 1 heterocycles. The van der Waals surface area contributed by atoms with Gasteiger partial charge in [-0.3, -0.25) is 4.79 Å². The van der Waals surface area contributed by atoms with E-state index >= 15 is 0 Å². The number of aromatic nitrogens is 1. The second-order valence-electron chi connectivity index (χ2n) is 4.36. The van der Waals surface area contributed by atoms with Crippen LogP contribution in [0.15, 0.2) is 30.5 Å². The number of carbonyl (C=O) groups is 1. The first-order valence-corrected chi connectivity index (χ1v) is 5.62. The fourth-order valence-electron chi connectivity index (χ4n) is 1.77. The zero-order valence-electron chi connectivity index (χ0n) is 9.18. The number of benzene rings is 1. The Hall–Kier alpha value is -2.10. The lowest BCUT2D eigenvalue weighted by Crippen LogP contribution is -2.14. The van der Waals surface area contributed by atoms with E-state index in [1.165, 1.54) is 0 Å². The van der Waals surface area contributed by atoms with E-state index < -0.39 is 0 Å². The first kappa shape index (κ1) is 10.1. The third-order valence-electron chi connectivity index (χ3n) is 2.90. The quantitative estimate of drug-likeness (QED) is 0.829. The highest BCUT2D eigenvalue weighted by Crippen LogP contribution is 2.30. The van der Waals surface area contributed by atoms with Crippen molar-refractivity contribution < 1.29 is 9.90 Å². The van der Waals surface area contributed by atoms with Gasteiger partial charge >= 0.3 is 0 Å². The number of rotatable bonds is 2. The van der Waals surface area contributed by atoms with Gasteiger partial charge in [-0.2, -0.15) is 0 Å². The highest BCUT2D eigenvalue weighted by atomic mass is 16.3. The molecule has 1 fully saturated rings. The lowest BCUT2D eigenvalue weighted by atomic mass is 10.1. The van der Waals surface area contributed by atoms with Crippen molar-refractivity contribution in [3.05, 3.63) is 30.5 Å². The lowest BCUT2D eigenvalue weighted by molar-refractivity contribution is -0.117. The van der Waals surface area contributed by atoms with Crippen molar-refractivity contribution >= 4 is 22.5 Å². The molecule has 0 radical (unpaired) electrons. The number of pyridine rings is 1. The van der Waals surface area contributed by atoms with Crippen molar-refractivity contribution in [2.45, 2.75) is 12.8 Å². The molecular formula is C13H12N2O2. The number of hydrogen-bond acceptors (Lipinski definition) is 3. The fourth-order valence-corrected chi connectivity index (χ4v) is 1.77. The highest BCUT2D eigenvalue weighted by Gasteiger charge is 2.29. The number of fused-ring (bicyclic) bond motifs is 1. The summed E-state index contributed by atoms with van der Waals surface area (Å²) in [5, 5.41) is 13.9. The Morgan fingerprint density at radius 2 is 2.12 bits per heavy atom. The molecule has 0 saturated heterocycles. The largest absolute Gasteiger partial charge is 0.508 e. The Bertz CT molecular complexity index is 591. The summed E-state index contributed by atoms with van der Waals surface area (Å²) in [6, 6.07) is 6.89. The number of phenolic OH excluding ortho intramolecular Hbond substituents is 1. The Labute approximate surface area is 98.3 Å². The zero-order chi connectivity index (χ0) is 11.8. The van der Waals surface area contributed by atoms with Crippen LogP contribution >= 0.6 is 0 Å². The van der Waals surface area contributed by atoms with Crippen LogP contribution in [-0.2, 0) is 4.79 Å². The summed E-state index contributed by atoms with van der Waals surface area (Å²) in [6.07, 6.45) is 3.61. The van der Waals surface area contributed by atoms with Gasteiger partial charge in [-0.1, -0.05) is 6.07 Å². The number of phenols is 1. The van der Waals surface area contributed by atoms with Crippen LogP contribution in [0.5, 0.6) is 5.75 Å². The Kier molecular flexibility index (Phi) is 2.21. The smallest absolute Gasteiger partial charge is 0.228 e. The second kappa shape index (κ2) is 3.73. The van der Waals surface area contributed by atoms with E-state index in [0.29, 0.717) is 5.82 Å². The van der Waals surface area contributed by atoms with Crippen molar-refractivity contribution in [2.75, 3.05) is 5.32 Å². The third kappa shape index (κ3) is 2.06. The van der Waals surface area contributed by atoms with Crippen LogP contribution in [0.3, 0.4) is 0 Å². The maximum Gasteiger partial charge on any atom is 0.228 e. The van der Waals surface area contributed by atoms with Gasteiger partial charge in [0.2, 0.25) is 5.91 Å². The van der Waals surface area contributed by atoms with Crippen LogP contribution in [0.1, 0.15) is 12.8 Å². The molecular weight excluding hydrogens is 216 g/mol. The summed E-state index contributed by atoms with van der Waals surface area (Å²) in [7, 11) is 0. The van der Waals surface area contributed by atoms with Crippen LogP contribution in [0.25, 0.3) is 10.8 Å². The van der Waals surface area contributed by atoms with Crippen LogP contribution in [0, 0.1) is 5.92 Å². The molecule has 4 heteroatoms. The molecule has 0 bridgehead atoms. The molecule has 2 aromatic rings. The van der Waals surface area contributed by atoms with Crippen LogP contribution in [0.2, 0.25) is 0 Å². The molecule has 1 aromatic carbocycles. The van der Waals surface area contributed by atoms with Gasteiger partial charge in [0.1, 0.15) is 11.6 Å². The van der Waals surface area contributed by atoms with E-state index in [9.17, 15) is 9.90 Å². The van der Waals surface area contributed by atoms with Crippen molar-refractivity contribution in [1.29, 1.82) is 0 Å². The van der Waals surface area contributed by atoms with Gasteiger partial charge in [-0.15, -0.1) is 0 Å². The molecule has 1 aliphatic carbocycles. The molecule has 0 aliphatic heterocycles. The fraction of sp³-hybridized carbons (Fsp3) is 0.231. The van der Waals surface area contributed by atoms with E-state index in [0.717, 1.165) is 23.6 Å². The Morgan fingerprint density at radius 3 is 2.88 bits per heavy atom. The number of nitrogens with one attached hydrogen (secondary N) is 1. The third-order valence-corrected chi connectivity index (χ3v) is 2.90. The van der Waals surface area contributed by atoms with Gasteiger partial charge < -0.3 is 10.4 Å². The maximum absolute atomic E-state index is 11.6. The number of anilines is 1. The SMILES string of the molecule is O=C(Nc1cc2ccc(O)cc2cn1)C1CC1. The van der Waals surface area contributed by atoms with Gasteiger partial charge in [-0.05, 0) is 36.4 Å². The van der Waals surface area contributed by atoms with Gasteiger partial charge in [0.05, 0.1) is 0 Å². The van der Waals surface area contributed by atoms with E-state index in [4.69, 9.17) is 0 Å². The molecule has 1 amide bonds. The van der Waals surface area contributed by atoms with Gasteiger partial charge in [0.25, 0.3) is 0 Å². The van der Waals surface area contributed by atoms with Crippen LogP contribution in [-0.4, -0.2) is 16.0 Å². The normalized spacial score (nSPS) is 14.8.